The molecule has 100 valence electrons. The molecule has 1 aromatic rings. The molecule has 0 aliphatic heterocycles. The molecule has 1 unspecified atom stereocenters. The van der Waals surface area contributed by atoms with Crippen molar-refractivity contribution in [3.05, 3.63) is 24.2 Å². The van der Waals surface area contributed by atoms with Gasteiger partial charge >= 0.3 is 0 Å². The highest BCUT2D eigenvalue weighted by Crippen LogP contribution is 2.28. The Morgan fingerprint density at radius 1 is 1.50 bits per heavy atom. The van der Waals surface area contributed by atoms with E-state index in [1.807, 2.05) is 13.0 Å². The molecule has 1 heterocycles. The molecule has 3 heteroatoms. The second-order valence-corrected chi connectivity index (χ2v) is 5.49. The summed E-state index contributed by atoms with van der Waals surface area (Å²) in [6.45, 7) is 2.04. The van der Waals surface area contributed by atoms with Crippen LogP contribution in [0.3, 0.4) is 0 Å². The lowest BCUT2D eigenvalue weighted by Crippen LogP contribution is -2.34. The van der Waals surface area contributed by atoms with Crippen LogP contribution in [0.15, 0.2) is 23.0 Å². The van der Waals surface area contributed by atoms with Gasteiger partial charge in [-0.25, -0.2) is 0 Å². The SMILES string of the molecule is CC(Cc1ccoc1)NC(=O)CCC1CCCC1. The highest BCUT2D eigenvalue weighted by molar-refractivity contribution is 5.76. The molecule has 0 saturated heterocycles. The normalized spacial score (nSPS) is 17.8. The number of furan rings is 1. The highest BCUT2D eigenvalue weighted by Gasteiger charge is 2.16. The molecule has 0 spiro atoms. The van der Waals surface area contributed by atoms with Gasteiger partial charge in [-0.05, 0) is 37.3 Å². The molecule has 1 N–H and O–H groups in total. The summed E-state index contributed by atoms with van der Waals surface area (Å²) in [5.74, 6) is 0.984. The highest BCUT2D eigenvalue weighted by atomic mass is 16.3. The zero-order valence-electron chi connectivity index (χ0n) is 11.2. The van der Waals surface area contributed by atoms with Crippen molar-refractivity contribution in [1.82, 2.24) is 5.32 Å². The van der Waals surface area contributed by atoms with Gasteiger partial charge in [-0.1, -0.05) is 25.7 Å². The third-order valence-corrected chi connectivity index (χ3v) is 3.78. The van der Waals surface area contributed by atoms with Crippen molar-refractivity contribution in [3.8, 4) is 0 Å². The van der Waals surface area contributed by atoms with Gasteiger partial charge in [-0.2, -0.15) is 0 Å². The van der Waals surface area contributed by atoms with Crippen molar-refractivity contribution in [3.63, 3.8) is 0 Å². The molecule has 0 aromatic carbocycles. The first kappa shape index (κ1) is 13.2. The van der Waals surface area contributed by atoms with Crippen molar-refractivity contribution in [1.29, 1.82) is 0 Å². The van der Waals surface area contributed by atoms with E-state index in [0.29, 0.717) is 6.42 Å². The van der Waals surface area contributed by atoms with E-state index in [0.717, 1.165) is 24.3 Å². The van der Waals surface area contributed by atoms with Crippen molar-refractivity contribution in [2.75, 3.05) is 0 Å². The molecule has 2 rings (SSSR count). The number of rotatable bonds is 6. The second kappa shape index (κ2) is 6.62. The predicted molar refractivity (Wildman–Crippen MR) is 71.2 cm³/mol. The molecule has 1 aliphatic carbocycles. The van der Waals surface area contributed by atoms with Gasteiger partial charge in [0, 0.05) is 12.5 Å². The number of carbonyl (C=O) groups is 1. The van der Waals surface area contributed by atoms with E-state index in [4.69, 9.17) is 4.42 Å². The van der Waals surface area contributed by atoms with Gasteiger partial charge < -0.3 is 9.73 Å². The summed E-state index contributed by atoms with van der Waals surface area (Å²) in [5, 5.41) is 3.06. The summed E-state index contributed by atoms with van der Waals surface area (Å²) >= 11 is 0. The average molecular weight is 249 g/mol. The maximum absolute atomic E-state index is 11.8. The monoisotopic (exact) mass is 249 g/mol. The maximum Gasteiger partial charge on any atom is 0.220 e. The largest absolute Gasteiger partial charge is 0.472 e. The molecule has 1 aromatic heterocycles. The molecule has 3 nitrogen and oxygen atoms in total. The number of carbonyl (C=O) groups excluding carboxylic acids is 1. The number of hydrogen-bond donors (Lipinski definition) is 1. The first-order valence-corrected chi connectivity index (χ1v) is 7.04. The molecular formula is C15H23NO2. The minimum atomic E-state index is 0.179. The Hall–Kier alpha value is -1.25. The summed E-state index contributed by atoms with van der Waals surface area (Å²) in [4.78, 5) is 11.8. The quantitative estimate of drug-likeness (QED) is 0.840. The molecule has 1 atom stereocenters. The van der Waals surface area contributed by atoms with Crippen LogP contribution in [0.4, 0.5) is 0 Å². The number of amides is 1. The Labute approximate surface area is 109 Å². The van der Waals surface area contributed by atoms with Crippen LogP contribution in [0.5, 0.6) is 0 Å². The Balaban J connectivity index is 1.63. The van der Waals surface area contributed by atoms with Crippen molar-refractivity contribution < 1.29 is 9.21 Å². The number of nitrogens with one attached hydrogen (secondary N) is 1. The molecule has 0 bridgehead atoms. The van der Waals surface area contributed by atoms with Crippen molar-refractivity contribution >= 4 is 5.91 Å². The first-order chi connectivity index (χ1) is 8.74. The van der Waals surface area contributed by atoms with E-state index in [1.54, 1.807) is 12.5 Å². The minimum Gasteiger partial charge on any atom is -0.472 e. The fourth-order valence-corrected chi connectivity index (χ4v) is 2.79. The zero-order valence-corrected chi connectivity index (χ0v) is 11.2. The lowest BCUT2D eigenvalue weighted by atomic mass is 10.0. The van der Waals surface area contributed by atoms with Crippen LogP contribution >= 0.6 is 0 Å². The second-order valence-electron chi connectivity index (χ2n) is 5.49. The third-order valence-electron chi connectivity index (χ3n) is 3.78. The molecule has 0 radical (unpaired) electrons. The van der Waals surface area contributed by atoms with Gasteiger partial charge in [-0.3, -0.25) is 4.79 Å². The van der Waals surface area contributed by atoms with Gasteiger partial charge in [0.2, 0.25) is 5.91 Å². The first-order valence-electron chi connectivity index (χ1n) is 7.04. The fourth-order valence-electron chi connectivity index (χ4n) is 2.79. The fraction of sp³-hybridized carbons (Fsp3) is 0.667. The molecular weight excluding hydrogens is 226 g/mol. The van der Waals surface area contributed by atoms with Crippen LogP contribution in [0.1, 0.15) is 51.0 Å². The maximum atomic E-state index is 11.8. The van der Waals surface area contributed by atoms with Gasteiger partial charge in [0.05, 0.1) is 12.5 Å². The summed E-state index contributed by atoms with van der Waals surface area (Å²) < 4.78 is 5.02. The lowest BCUT2D eigenvalue weighted by molar-refractivity contribution is -0.121. The van der Waals surface area contributed by atoms with Crippen LogP contribution in [0, 0.1) is 5.92 Å². The van der Waals surface area contributed by atoms with Crippen LogP contribution in [0.2, 0.25) is 0 Å². The van der Waals surface area contributed by atoms with E-state index in [2.05, 4.69) is 5.32 Å². The smallest absolute Gasteiger partial charge is 0.220 e. The molecule has 1 amide bonds. The average Bonchev–Trinajstić information content (AvgIpc) is 2.98. The Morgan fingerprint density at radius 3 is 2.94 bits per heavy atom. The van der Waals surface area contributed by atoms with Gasteiger partial charge in [0.25, 0.3) is 0 Å². The summed E-state index contributed by atoms with van der Waals surface area (Å²) in [6.07, 6.45) is 11.3. The Kier molecular flexibility index (Phi) is 4.85. The van der Waals surface area contributed by atoms with Crippen molar-refractivity contribution in [2.24, 2.45) is 5.92 Å². The third kappa shape index (κ3) is 4.21. The van der Waals surface area contributed by atoms with Gasteiger partial charge in [0.1, 0.15) is 0 Å². The molecule has 1 aliphatic rings. The Bertz CT molecular complexity index is 353. The topological polar surface area (TPSA) is 42.2 Å². The summed E-state index contributed by atoms with van der Waals surface area (Å²) in [6, 6.07) is 2.12. The van der Waals surface area contributed by atoms with E-state index >= 15 is 0 Å². The zero-order chi connectivity index (χ0) is 12.8. The van der Waals surface area contributed by atoms with E-state index in [1.165, 1.54) is 25.7 Å². The van der Waals surface area contributed by atoms with Crippen LogP contribution < -0.4 is 5.32 Å². The van der Waals surface area contributed by atoms with Crippen LogP contribution in [-0.2, 0) is 11.2 Å². The standard InChI is InChI=1S/C15H23NO2/c1-12(10-14-8-9-18-11-14)16-15(17)7-6-13-4-2-3-5-13/h8-9,11-13H,2-7,10H2,1H3,(H,16,17). The van der Waals surface area contributed by atoms with Gasteiger partial charge in [0.15, 0.2) is 0 Å². The van der Waals surface area contributed by atoms with Crippen molar-refractivity contribution in [2.45, 2.75) is 57.9 Å². The van der Waals surface area contributed by atoms with E-state index in [-0.39, 0.29) is 11.9 Å². The van der Waals surface area contributed by atoms with Crippen LogP contribution in [0.25, 0.3) is 0 Å². The van der Waals surface area contributed by atoms with E-state index in [9.17, 15) is 4.79 Å². The molecule has 1 saturated carbocycles. The van der Waals surface area contributed by atoms with Crippen LogP contribution in [-0.4, -0.2) is 11.9 Å². The molecule has 18 heavy (non-hydrogen) atoms. The summed E-state index contributed by atoms with van der Waals surface area (Å²) in [7, 11) is 0. The predicted octanol–water partition coefficient (Wildman–Crippen LogP) is 3.30. The van der Waals surface area contributed by atoms with E-state index < -0.39 is 0 Å². The Morgan fingerprint density at radius 2 is 2.28 bits per heavy atom. The minimum absolute atomic E-state index is 0.179. The molecule has 1 fully saturated rings. The number of hydrogen-bond acceptors (Lipinski definition) is 2. The lowest BCUT2D eigenvalue weighted by Gasteiger charge is -2.14. The summed E-state index contributed by atoms with van der Waals surface area (Å²) in [5.41, 5.74) is 1.14. The van der Waals surface area contributed by atoms with Gasteiger partial charge in [-0.15, -0.1) is 0 Å².